The van der Waals surface area contributed by atoms with Gasteiger partial charge in [0.1, 0.15) is 16.3 Å². The van der Waals surface area contributed by atoms with Crippen LogP contribution >= 0.6 is 0 Å². The van der Waals surface area contributed by atoms with E-state index in [4.69, 9.17) is 9.17 Å². The zero-order chi connectivity index (χ0) is 27.9. The first-order valence-corrected chi connectivity index (χ1v) is 14.0. The number of nitrogens with zero attached hydrogens (tertiary/aromatic N) is 2. The van der Waals surface area contributed by atoms with Gasteiger partial charge in [0.05, 0.1) is 0 Å². The van der Waals surface area contributed by atoms with Crippen molar-refractivity contribution >= 4 is 38.0 Å². The molecular weight excluding hydrogens is 522 g/mol. The van der Waals surface area contributed by atoms with Gasteiger partial charge in [-0.3, -0.25) is 4.79 Å². The lowest BCUT2D eigenvalue weighted by atomic mass is 9.92. The molecule has 2 heterocycles. The molecule has 0 aliphatic heterocycles. The summed E-state index contributed by atoms with van der Waals surface area (Å²) >= 11 is 0. The normalized spacial score (nSPS) is 11.6. The zero-order valence-corrected chi connectivity index (χ0v) is 22.6. The van der Waals surface area contributed by atoms with Crippen LogP contribution in [0.3, 0.4) is 0 Å². The first-order chi connectivity index (χ1) is 19.3. The maximum absolute atomic E-state index is 12.9. The third-order valence-electron chi connectivity index (χ3n) is 6.74. The van der Waals surface area contributed by atoms with Crippen LogP contribution in [0.1, 0.15) is 10.4 Å². The molecule has 198 valence electrons. The van der Waals surface area contributed by atoms with E-state index >= 15 is 0 Å². The Morgan fingerprint density at radius 3 is 2.17 bits per heavy atom. The fraction of sp³-hybridized carbons (Fsp3) is 0.0625. The van der Waals surface area contributed by atoms with Crippen LogP contribution in [-0.4, -0.2) is 43.3 Å². The molecule has 0 saturated carbocycles. The van der Waals surface area contributed by atoms with Crippen LogP contribution in [0, 0.1) is 0 Å². The van der Waals surface area contributed by atoms with Gasteiger partial charge in [-0.15, -0.1) is 0 Å². The Kier molecular flexibility index (Phi) is 6.32. The number of aromatic amines is 1. The van der Waals surface area contributed by atoms with Crippen molar-refractivity contribution in [2.45, 2.75) is 4.90 Å². The largest absolute Gasteiger partial charge is 0.379 e. The van der Waals surface area contributed by atoms with E-state index in [-0.39, 0.29) is 16.6 Å². The van der Waals surface area contributed by atoms with Gasteiger partial charge in [-0.1, -0.05) is 60.7 Å². The van der Waals surface area contributed by atoms with Crippen LogP contribution in [-0.2, 0) is 10.1 Å². The highest BCUT2D eigenvalue weighted by Gasteiger charge is 2.20. The predicted molar refractivity (Wildman–Crippen MR) is 157 cm³/mol. The van der Waals surface area contributed by atoms with Crippen molar-refractivity contribution in [3.8, 4) is 28.0 Å². The number of carbonyl (C=O) groups excluding carboxylic acids is 1. The number of hydrogen-bond donors (Lipinski definition) is 1. The lowest BCUT2D eigenvalue weighted by Crippen LogP contribution is -2.21. The molecule has 8 heteroatoms. The van der Waals surface area contributed by atoms with Crippen LogP contribution in [0.15, 0.2) is 114 Å². The number of nitrogens with one attached hydrogen (secondary N) is 1. The first-order valence-electron chi connectivity index (χ1n) is 12.6. The van der Waals surface area contributed by atoms with Gasteiger partial charge < -0.3 is 14.1 Å². The van der Waals surface area contributed by atoms with Gasteiger partial charge in [-0.05, 0) is 53.6 Å². The van der Waals surface area contributed by atoms with Crippen LogP contribution in [0.4, 0.5) is 0 Å². The highest BCUT2D eigenvalue weighted by molar-refractivity contribution is 7.87. The summed E-state index contributed by atoms with van der Waals surface area (Å²) in [4.78, 5) is 22.2. The molecule has 0 spiro atoms. The van der Waals surface area contributed by atoms with Crippen LogP contribution in [0.25, 0.3) is 44.2 Å². The average Bonchev–Trinajstić information content (AvgIpc) is 3.35. The summed E-state index contributed by atoms with van der Waals surface area (Å²) in [6.45, 7) is 0. The Morgan fingerprint density at radius 2 is 1.50 bits per heavy atom. The van der Waals surface area contributed by atoms with E-state index in [2.05, 4.69) is 4.98 Å². The fourth-order valence-corrected chi connectivity index (χ4v) is 5.77. The van der Waals surface area contributed by atoms with Gasteiger partial charge in [0, 0.05) is 53.3 Å². The van der Waals surface area contributed by atoms with Crippen molar-refractivity contribution in [2.24, 2.45) is 0 Å². The van der Waals surface area contributed by atoms with Crippen molar-refractivity contribution in [1.29, 1.82) is 0 Å². The number of fused-ring (bicyclic) bond motifs is 3. The second-order valence-corrected chi connectivity index (χ2v) is 11.1. The van der Waals surface area contributed by atoms with E-state index in [0.29, 0.717) is 11.2 Å². The molecule has 0 unspecified atom stereocenters. The standard InChI is InChI=1S/C32H25N3O4S/c1-35(2)32(36)23-15-13-21(14-16-23)27-20-33-31-30(29(27)22-9-5-3-6-10-22)26-19-24(17-18-28(26)34-31)39-40(37,38)25-11-7-4-8-12-25/h3-20H,1-2H3,(H,33,34). The molecule has 40 heavy (non-hydrogen) atoms. The van der Waals surface area contributed by atoms with Crippen molar-refractivity contribution < 1.29 is 17.4 Å². The maximum Gasteiger partial charge on any atom is 0.339 e. The number of benzene rings is 4. The van der Waals surface area contributed by atoms with Crippen molar-refractivity contribution in [3.05, 3.63) is 115 Å². The van der Waals surface area contributed by atoms with Crippen molar-refractivity contribution in [2.75, 3.05) is 14.1 Å². The van der Waals surface area contributed by atoms with Crippen LogP contribution in [0.5, 0.6) is 5.75 Å². The highest BCUT2D eigenvalue weighted by atomic mass is 32.2. The molecule has 1 N–H and O–H groups in total. The molecule has 0 bridgehead atoms. The molecule has 1 amide bonds. The lowest BCUT2D eigenvalue weighted by molar-refractivity contribution is 0.0827. The number of hydrogen-bond acceptors (Lipinski definition) is 5. The summed E-state index contributed by atoms with van der Waals surface area (Å²) < 4.78 is 31.4. The average molecular weight is 548 g/mol. The van der Waals surface area contributed by atoms with E-state index in [1.807, 2.05) is 60.8 Å². The fourth-order valence-electron chi connectivity index (χ4n) is 4.82. The summed E-state index contributed by atoms with van der Waals surface area (Å²) in [6.07, 6.45) is 1.82. The van der Waals surface area contributed by atoms with Crippen LogP contribution in [0.2, 0.25) is 0 Å². The SMILES string of the molecule is CN(C)C(=O)c1ccc(-c2cnc3[nH]c4ccc(OS(=O)(=O)c5ccccc5)cc4c3c2-c2ccccc2)cc1. The number of rotatable bonds is 6. The third kappa shape index (κ3) is 4.58. The minimum Gasteiger partial charge on any atom is -0.379 e. The summed E-state index contributed by atoms with van der Waals surface area (Å²) in [6, 6.07) is 30.6. The van der Waals surface area contributed by atoms with Gasteiger partial charge in [0.15, 0.2) is 0 Å². The van der Waals surface area contributed by atoms with Gasteiger partial charge >= 0.3 is 10.1 Å². The Hall–Kier alpha value is -4.95. The molecule has 6 rings (SSSR count). The highest BCUT2D eigenvalue weighted by Crippen LogP contribution is 2.41. The van der Waals surface area contributed by atoms with Gasteiger partial charge in [-0.2, -0.15) is 8.42 Å². The number of carbonyl (C=O) groups is 1. The Balaban J connectivity index is 1.54. The molecule has 4 aromatic carbocycles. The summed E-state index contributed by atoms with van der Waals surface area (Å²) in [5.74, 6) is 0.131. The molecular formula is C32H25N3O4S. The van der Waals surface area contributed by atoms with E-state index < -0.39 is 10.1 Å². The number of H-pyrrole nitrogens is 1. The molecule has 7 nitrogen and oxygen atoms in total. The van der Waals surface area contributed by atoms with E-state index in [9.17, 15) is 13.2 Å². The number of amides is 1. The van der Waals surface area contributed by atoms with E-state index in [1.54, 1.807) is 55.4 Å². The Bertz CT molecular complexity index is 1970. The van der Waals surface area contributed by atoms with Crippen LogP contribution < -0.4 is 4.18 Å². The smallest absolute Gasteiger partial charge is 0.339 e. The van der Waals surface area contributed by atoms with Gasteiger partial charge in [0.2, 0.25) is 0 Å². The molecule has 0 aliphatic rings. The Labute approximate surface area is 231 Å². The van der Waals surface area contributed by atoms with E-state index in [1.165, 1.54) is 12.1 Å². The molecule has 0 aliphatic carbocycles. The van der Waals surface area contributed by atoms with E-state index in [0.717, 1.165) is 38.5 Å². The molecule has 0 fully saturated rings. The number of aromatic nitrogens is 2. The summed E-state index contributed by atoms with van der Waals surface area (Å²) in [7, 11) is -0.558. The minimum absolute atomic E-state index is 0.0713. The monoisotopic (exact) mass is 547 g/mol. The number of pyridine rings is 1. The maximum atomic E-state index is 12.9. The van der Waals surface area contributed by atoms with Gasteiger partial charge in [-0.25, -0.2) is 4.98 Å². The second kappa shape index (κ2) is 9.98. The molecule has 0 atom stereocenters. The molecule has 0 saturated heterocycles. The predicted octanol–water partition coefficient (Wildman–Crippen LogP) is 6.52. The topological polar surface area (TPSA) is 92.4 Å². The quantitative estimate of drug-likeness (QED) is 0.240. The Morgan fingerprint density at radius 1 is 0.825 bits per heavy atom. The third-order valence-corrected chi connectivity index (χ3v) is 8.00. The summed E-state index contributed by atoms with van der Waals surface area (Å²) in [5.41, 5.74) is 5.75. The zero-order valence-electron chi connectivity index (χ0n) is 21.8. The molecule has 0 radical (unpaired) electrons. The second-order valence-electron chi connectivity index (χ2n) is 9.60. The first kappa shape index (κ1) is 25.3. The molecule has 6 aromatic rings. The van der Waals surface area contributed by atoms with Crippen molar-refractivity contribution in [1.82, 2.24) is 14.9 Å². The minimum atomic E-state index is -4.01. The molecule has 2 aromatic heterocycles. The van der Waals surface area contributed by atoms with Gasteiger partial charge in [0.25, 0.3) is 5.91 Å². The lowest BCUT2D eigenvalue weighted by Gasteiger charge is -2.14. The summed E-state index contributed by atoms with van der Waals surface area (Å²) in [5, 5.41) is 1.62. The van der Waals surface area contributed by atoms with Crippen molar-refractivity contribution in [3.63, 3.8) is 0 Å².